The van der Waals surface area contributed by atoms with Gasteiger partial charge in [-0.2, -0.15) is 0 Å². The van der Waals surface area contributed by atoms with Crippen LogP contribution in [-0.4, -0.2) is 37.1 Å². The fourth-order valence-electron chi connectivity index (χ4n) is 3.16. The molecule has 4 nitrogen and oxygen atoms in total. The summed E-state index contributed by atoms with van der Waals surface area (Å²) in [5, 5.41) is 6.06. The normalized spacial score (nSPS) is 21.1. The fourth-order valence-corrected chi connectivity index (χ4v) is 3.16. The molecule has 5 heteroatoms. The molecule has 2 aliphatic heterocycles. The Morgan fingerprint density at radius 1 is 1.25 bits per heavy atom. The first-order valence-corrected chi connectivity index (χ1v) is 7.20. The van der Waals surface area contributed by atoms with E-state index in [1.54, 1.807) is 23.1 Å². The van der Waals surface area contributed by atoms with Crippen molar-refractivity contribution in [2.24, 2.45) is 5.41 Å². The number of amides is 2. The molecular weight excluding hydrogens is 257 g/mol. The second-order valence-electron chi connectivity index (χ2n) is 5.82. The predicted octanol–water partition coefficient (Wildman–Crippen LogP) is 2.43. The van der Waals surface area contributed by atoms with E-state index in [9.17, 15) is 9.18 Å². The van der Waals surface area contributed by atoms with Crippen LogP contribution in [0, 0.1) is 11.2 Å². The SMILES string of the molecule is O=C(Nc1ccccc1F)N1CCC2(CCNC2)CC1. The van der Waals surface area contributed by atoms with Gasteiger partial charge < -0.3 is 15.5 Å². The predicted molar refractivity (Wildman–Crippen MR) is 76.1 cm³/mol. The molecule has 20 heavy (non-hydrogen) atoms. The number of likely N-dealkylation sites (tertiary alicyclic amines) is 1. The summed E-state index contributed by atoms with van der Waals surface area (Å²) in [6.07, 6.45) is 3.27. The Kier molecular flexibility index (Phi) is 3.61. The van der Waals surface area contributed by atoms with Crippen molar-refractivity contribution in [3.63, 3.8) is 0 Å². The van der Waals surface area contributed by atoms with Crippen molar-refractivity contribution >= 4 is 11.7 Å². The molecule has 2 amide bonds. The van der Waals surface area contributed by atoms with Gasteiger partial charge in [0.05, 0.1) is 5.69 Å². The summed E-state index contributed by atoms with van der Waals surface area (Å²) in [6, 6.07) is 6.07. The van der Waals surface area contributed by atoms with Crippen LogP contribution in [0.4, 0.5) is 14.9 Å². The zero-order valence-corrected chi connectivity index (χ0v) is 11.5. The van der Waals surface area contributed by atoms with Crippen molar-refractivity contribution < 1.29 is 9.18 Å². The number of carbonyl (C=O) groups is 1. The molecule has 0 unspecified atom stereocenters. The summed E-state index contributed by atoms with van der Waals surface area (Å²) in [7, 11) is 0. The first-order valence-electron chi connectivity index (χ1n) is 7.20. The Balaban J connectivity index is 1.58. The maximum absolute atomic E-state index is 13.5. The van der Waals surface area contributed by atoms with Crippen molar-refractivity contribution in [3.8, 4) is 0 Å². The third-order valence-electron chi connectivity index (χ3n) is 4.56. The number of hydrogen-bond donors (Lipinski definition) is 2. The van der Waals surface area contributed by atoms with Crippen LogP contribution in [0.2, 0.25) is 0 Å². The molecule has 0 aliphatic carbocycles. The third kappa shape index (κ3) is 2.63. The largest absolute Gasteiger partial charge is 0.324 e. The Bertz CT molecular complexity index is 490. The number of urea groups is 1. The van der Waals surface area contributed by atoms with Gasteiger partial charge >= 0.3 is 6.03 Å². The van der Waals surface area contributed by atoms with Crippen LogP contribution in [0.3, 0.4) is 0 Å². The van der Waals surface area contributed by atoms with Gasteiger partial charge in [-0.25, -0.2) is 9.18 Å². The number of benzene rings is 1. The molecule has 2 fully saturated rings. The summed E-state index contributed by atoms with van der Waals surface area (Å²) >= 11 is 0. The summed E-state index contributed by atoms with van der Waals surface area (Å²) < 4.78 is 13.5. The van der Waals surface area contributed by atoms with E-state index in [1.165, 1.54) is 12.5 Å². The van der Waals surface area contributed by atoms with E-state index in [0.29, 0.717) is 5.41 Å². The minimum atomic E-state index is -0.394. The van der Waals surface area contributed by atoms with E-state index in [2.05, 4.69) is 10.6 Å². The molecule has 0 bridgehead atoms. The zero-order chi connectivity index (χ0) is 14.0. The van der Waals surface area contributed by atoms with E-state index < -0.39 is 5.82 Å². The van der Waals surface area contributed by atoms with Gasteiger partial charge in [0.15, 0.2) is 0 Å². The quantitative estimate of drug-likeness (QED) is 0.828. The third-order valence-corrected chi connectivity index (χ3v) is 4.56. The van der Waals surface area contributed by atoms with Gasteiger partial charge in [0.25, 0.3) is 0 Å². The van der Waals surface area contributed by atoms with Crippen LogP contribution in [0.15, 0.2) is 24.3 Å². The van der Waals surface area contributed by atoms with E-state index in [1.807, 2.05) is 0 Å². The second kappa shape index (κ2) is 5.40. The summed E-state index contributed by atoms with van der Waals surface area (Å²) in [4.78, 5) is 13.9. The van der Waals surface area contributed by atoms with Gasteiger partial charge in [-0.3, -0.25) is 0 Å². The van der Waals surface area contributed by atoms with E-state index in [0.717, 1.165) is 39.0 Å². The fraction of sp³-hybridized carbons (Fsp3) is 0.533. The number of carbonyl (C=O) groups excluding carboxylic acids is 1. The van der Waals surface area contributed by atoms with Crippen LogP contribution in [0.25, 0.3) is 0 Å². The van der Waals surface area contributed by atoms with Crippen LogP contribution in [-0.2, 0) is 0 Å². The van der Waals surface area contributed by atoms with Crippen molar-refractivity contribution in [1.82, 2.24) is 10.2 Å². The molecule has 3 rings (SSSR count). The molecule has 2 aliphatic rings. The van der Waals surface area contributed by atoms with E-state index >= 15 is 0 Å². The molecule has 108 valence electrons. The first kappa shape index (κ1) is 13.4. The molecule has 0 aromatic heterocycles. The minimum absolute atomic E-state index is 0.198. The Morgan fingerprint density at radius 2 is 2.00 bits per heavy atom. The number of para-hydroxylation sites is 1. The van der Waals surface area contributed by atoms with Crippen molar-refractivity contribution in [1.29, 1.82) is 0 Å². The highest BCUT2D eigenvalue weighted by atomic mass is 19.1. The lowest BCUT2D eigenvalue weighted by Gasteiger charge is -2.38. The smallest absolute Gasteiger partial charge is 0.321 e. The molecule has 0 saturated carbocycles. The lowest BCUT2D eigenvalue weighted by atomic mass is 9.78. The van der Waals surface area contributed by atoms with Crippen molar-refractivity contribution in [2.75, 3.05) is 31.5 Å². The monoisotopic (exact) mass is 277 g/mol. The highest BCUT2D eigenvalue weighted by Gasteiger charge is 2.38. The summed E-state index contributed by atoms with van der Waals surface area (Å²) in [6.45, 7) is 3.65. The molecule has 2 N–H and O–H groups in total. The zero-order valence-electron chi connectivity index (χ0n) is 11.5. The molecular formula is C15H20FN3O. The number of anilines is 1. The van der Waals surface area contributed by atoms with Gasteiger partial charge in [-0.05, 0) is 43.4 Å². The first-order chi connectivity index (χ1) is 9.69. The van der Waals surface area contributed by atoms with Crippen molar-refractivity contribution in [2.45, 2.75) is 19.3 Å². The molecule has 2 saturated heterocycles. The Hall–Kier alpha value is -1.62. The van der Waals surface area contributed by atoms with Gasteiger partial charge in [0.2, 0.25) is 0 Å². The van der Waals surface area contributed by atoms with Crippen LogP contribution in [0.1, 0.15) is 19.3 Å². The molecule has 0 atom stereocenters. The molecule has 1 aromatic rings. The summed E-state index contributed by atoms with van der Waals surface area (Å²) in [5.74, 6) is -0.394. The van der Waals surface area contributed by atoms with E-state index in [4.69, 9.17) is 0 Å². The highest BCUT2D eigenvalue weighted by Crippen LogP contribution is 2.36. The number of rotatable bonds is 1. The summed E-state index contributed by atoms with van der Waals surface area (Å²) in [5.41, 5.74) is 0.634. The highest BCUT2D eigenvalue weighted by molar-refractivity contribution is 5.89. The van der Waals surface area contributed by atoms with Gasteiger partial charge in [0, 0.05) is 19.6 Å². The maximum Gasteiger partial charge on any atom is 0.321 e. The minimum Gasteiger partial charge on any atom is -0.324 e. The molecule has 2 heterocycles. The standard InChI is InChI=1S/C15H20FN3O/c16-12-3-1-2-4-13(12)18-14(20)19-9-6-15(7-10-19)5-8-17-11-15/h1-4,17H,5-11H2,(H,18,20). The lowest BCUT2D eigenvalue weighted by molar-refractivity contribution is 0.137. The van der Waals surface area contributed by atoms with Crippen LogP contribution >= 0.6 is 0 Å². The van der Waals surface area contributed by atoms with Gasteiger partial charge in [-0.1, -0.05) is 12.1 Å². The molecule has 0 radical (unpaired) electrons. The van der Waals surface area contributed by atoms with Crippen molar-refractivity contribution in [3.05, 3.63) is 30.1 Å². The molecule has 1 aromatic carbocycles. The topological polar surface area (TPSA) is 44.4 Å². The second-order valence-corrected chi connectivity index (χ2v) is 5.82. The Labute approximate surface area is 118 Å². The van der Waals surface area contributed by atoms with Gasteiger partial charge in [-0.15, -0.1) is 0 Å². The Morgan fingerprint density at radius 3 is 2.65 bits per heavy atom. The number of halogens is 1. The number of nitrogens with zero attached hydrogens (tertiary/aromatic N) is 1. The number of hydrogen-bond acceptors (Lipinski definition) is 2. The van der Waals surface area contributed by atoms with Crippen LogP contribution in [0.5, 0.6) is 0 Å². The van der Waals surface area contributed by atoms with Gasteiger partial charge in [0.1, 0.15) is 5.82 Å². The lowest BCUT2D eigenvalue weighted by Crippen LogP contribution is -2.45. The maximum atomic E-state index is 13.5. The number of piperidine rings is 1. The van der Waals surface area contributed by atoms with E-state index in [-0.39, 0.29) is 11.7 Å². The average Bonchev–Trinajstić information content (AvgIpc) is 2.90. The molecule has 1 spiro atoms. The number of nitrogens with one attached hydrogen (secondary N) is 2. The van der Waals surface area contributed by atoms with Crippen LogP contribution < -0.4 is 10.6 Å². The average molecular weight is 277 g/mol.